The molecule has 0 saturated heterocycles. The molecule has 0 aliphatic carbocycles. The minimum Gasteiger partial charge on any atom is -0.480 e. The first-order valence-corrected chi connectivity index (χ1v) is 25.8. The molecular formula is C50H88NO10P. The van der Waals surface area contributed by atoms with Crippen molar-refractivity contribution in [2.75, 3.05) is 19.8 Å². The van der Waals surface area contributed by atoms with Gasteiger partial charge in [-0.05, 0) is 77.0 Å². The third kappa shape index (κ3) is 43.8. The number of phosphoric ester groups is 1. The Morgan fingerprint density at radius 2 is 0.871 bits per heavy atom. The van der Waals surface area contributed by atoms with Crippen LogP contribution in [0.2, 0.25) is 0 Å². The fraction of sp³-hybridized carbons (Fsp3) is 0.740. The highest BCUT2D eigenvalue weighted by atomic mass is 31.2. The second kappa shape index (κ2) is 44.8. The Balaban J connectivity index is 4.34. The maximum Gasteiger partial charge on any atom is 0.472 e. The standard InChI is InChI=1S/C50H88NO10P/c1-3-5-7-9-11-13-15-17-19-21-22-23-24-26-27-29-31-33-35-37-39-41-48(52)58-43-46(44-59-62(56,57)60-45-47(51)50(54)55)61-49(53)42-40-38-36-34-32-30-28-25-20-18-16-14-12-10-8-6-4-2/h12,14,17-20,28,30,34,36,46-47H,3-11,13,15-16,21-27,29,31-33,35,37-45,51H2,1-2H3,(H,54,55)(H,56,57)/b14-12+,19-17+,20-18+,30-28+,36-34+/t46-,47+/m1/s1. The summed E-state index contributed by atoms with van der Waals surface area (Å²) in [6.45, 7) is 2.73. The highest BCUT2D eigenvalue weighted by molar-refractivity contribution is 7.47. The number of unbranched alkanes of at least 4 members (excludes halogenated alkanes) is 21. The molecule has 62 heavy (non-hydrogen) atoms. The van der Waals surface area contributed by atoms with Gasteiger partial charge in [0.2, 0.25) is 0 Å². The number of rotatable bonds is 45. The topological polar surface area (TPSA) is 172 Å². The van der Waals surface area contributed by atoms with Crippen LogP contribution in [0.25, 0.3) is 0 Å². The van der Waals surface area contributed by atoms with E-state index in [2.05, 4.69) is 67.0 Å². The van der Waals surface area contributed by atoms with Gasteiger partial charge in [0.15, 0.2) is 6.10 Å². The molecule has 0 spiro atoms. The number of allylic oxidation sites excluding steroid dienone is 10. The van der Waals surface area contributed by atoms with Gasteiger partial charge in [-0.15, -0.1) is 0 Å². The number of hydrogen-bond acceptors (Lipinski definition) is 9. The van der Waals surface area contributed by atoms with Gasteiger partial charge >= 0.3 is 25.7 Å². The second-order valence-corrected chi connectivity index (χ2v) is 17.7. The van der Waals surface area contributed by atoms with Crippen LogP contribution in [0.4, 0.5) is 0 Å². The molecule has 0 aromatic rings. The van der Waals surface area contributed by atoms with Crippen molar-refractivity contribution in [1.29, 1.82) is 0 Å². The largest absolute Gasteiger partial charge is 0.480 e. The van der Waals surface area contributed by atoms with Crippen molar-refractivity contribution < 1.29 is 47.5 Å². The number of aliphatic carboxylic acids is 1. The van der Waals surface area contributed by atoms with Crippen LogP contribution in [0.5, 0.6) is 0 Å². The summed E-state index contributed by atoms with van der Waals surface area (Å²) in [5, 5.41) is 8.91. The van der Waals surface area contributed by atoms with E-state index in [1.807, 2.05) is 12.2 Å². The van der Waals surface area contributed by atoms with Crippen molar-refractivity contribution in [3.8, 4) is 0 Å². The number of hydrogen-bond donors (Lipinski definition) is 3. The molecule has 0 aliphatic rings. The molecule has 0 saturated carbocycles. The first kappa shape index (κ1) is 59.2. The van der Waals surface area contributed by atoms with Crippen molar-refractivity contribution in [2.45, 2.75) is 219 Å². The Kier molecular flexibility index (Phi) is 42.7. The lowest BCUT2D eigenvalue weighted by atomic mass is 10.0. The fourth-order valence-electron chi connectivity index (χ4n) is 6.41. The minimum absolute atomic E-state index is 0.0838. The predicted molar refractivity (Wildman–Crippen MR) is 254 cm³/mol. The van der Waals surface area contributed by atoms with Gasteiger partial charge < -0.3 is 25.2 Å². The number of phosphoric acid groups is 1. The van der Waals surface area contributed by atoms with Crippen molar-refractivity contribution in [3.05, 3.63) is 60.8 Å². The Morgan fingerprint density at radius 3 is 1.37 bits per heavy atom. The number of carboxylic acid groups (broad SMARTS) is 1. The number of carbonyl (C=O) groups excluding carboxylic acids is 2. The molecule has 0 aromatic carbocycles. The molecule has 0 radical (unpaired) electrons. The molecule has 4 N–H and O–H groups in total. The maximum absolute atomic E-state index is 12.6. The molecular weight excluding hydrogens is 806 g/mol. The molecule has 0 fully saturated rings. The zero-order valence-corrected chi connectivity index (χ0v) is 39.8. The number of carboxylic acids is 1. The van der Waals surface area contributed by atoms with Gasteiger partial charge in [0.25, 0.3) is 0 Å². The number of ether oxygens (including phenoxy) is 2. The molecule has 0 aromatic heterocycles. The number of carbonyl (C=O) groups is 3. The Morgan fingerprint density at radius 1 is 0.500 bits per heavy atom. The minimum atomic E-state index is -4.74. The quantitative estimate of drug-likeness (QED) is 0.0230. The zero-order valence-electron chi connectivity index (χ0n) is 38.9. The SMILES string of the molecule is CCCCC/C=C/C/C=C/C/C=C/C/C=C/CCCC(=O)O[C@H](COC(=O)CCCCCCCCCCCCC/C=C/CCCCCCCC)COP(=O)(O)OC[C@H](N)C(=O)O. The lowest BCUT2D eigenvalue weighted by Crippen LogP contribution is -2.34. The molecule has 1 unspecified atom stereocenters. The Bertz CT molecular complexity index is 1280. The zero-order chi connectivity index (χ0) is 45.6. The average Bonchev–Trinajstić information content (AvgIpc) is 3.25. The van der Waals surface area contributed by atoms with E-state index in [4.69, 9.17) is 24.8 Å². The first-order chi connectivity index (χ1) is 30.1. The van der Waals surface area contributed by atoms with Crippen LogP contribution in [-0.2, 0) is 37.5 Å². The Hall–Kier alpha value is -2.82. The van der Waals surface area contributed by atoms with Crippen LogP contribution in [0.15, 0.2) is 60.8 Å². The summed E-state index contributed by atoms with van der Waals surface area (Å²) in [7, 11) is -4.74. The van der Waals surface area contributed by atoms with Crippen LogP contribution in [0.1, 0.15) is 206 Å². The van der Waals surface area contributed by atoms with E-state index in [-0.39, 0.29) is 19.4 Å². The van der Waals surface area contributed by atoms with Crippen LogP contribution >= 0.6 is 7.82 Å². The van der Waals surface area contributed by atoms with Crippen LogP contribution in [-0.4, -0.2) is 59.9 Å². The summed E-state index contributed by atoms with van der Waals surface area (Å²) in [6, 6.07) is -1.53. The van der Waals surface area contributed by atoms with Gasteiger partial charge in [-0.25, -0.2) is 4.57 Å². The molecule has 11 nitrogen and oxygen atoms in total. The van der Waals surface area contributed by atoms with E-state index < -0.39 is 51.1 Å². The van der Waals surface area contributed by atoms with Crippen LogP contribution < -0.4 is 5.73 Å². The molecule has 0 rings (SSSR count). The molecule has 3 atom stereocenters. The molecule has 0 bridgehead atoms. The van der Waals surface area contributed by atoms with E-state index in [0.717, 1.165) is 44.9 Å². The van der Waals surface area contributed by atoms with E-state index in [0.29, 0.717) is 19.3 Å². The molecule has 358 valence electrons. The monoisotopic (exact) mass is 894 g/mol. The molecule has 0 aliphatic heterocycles. The lowest BCUT2D eigenvalue weighted by molar-refractivity contribution is -0.161. The van der Waals surface area contributed by atoms with E-state index >= 15 is 0 Å². The van der Waals surface area contributed by atoms with E-state index in [1.54, 1.807) is 0 Å². The summed E-state index contributed by atoms with van der Waals surface area (Å²) in [5.41, 5.74) is 5.34. The van der Waals surface area contributed by atoms with Gasteiger partial charge in [0.05, 0.1) is 13.2 Å². The van der Waals surface area contributed by atoms with Gasteiger partial charge in [0, 0.05) is 12.8 Å². The highest BCUT2D eigenvalue weighted by Gasteiger charge is 2.28. The normalized spacial score (nSPS) is 14.1. The van der Waals surface area contributed by atoms with Gasteiger partial charge in [-0.2, -0.15) is 0 Å². The third-order valence-electron chi connectivity index (χ3n) is 10.2. The third-order valence-corrected chi connectivity index (χ3v) is 11.2. The van der Waals surface area contributed by atoms with Gasteiger partial charge in [-0.3, -0.25) is 23.4 Å². The summed E-state index contributed by atoms with van der Waals surface area (Å²) in [5.74, 6) is -2.45. The Labute approximate surface area is 377 Å². The fourth-order valence-corrected chi connectivity index (χ4v) is 7.18. The van der Waals surface area contributed by atoms with Crippen molar-refractivity contribution >= 4 is 25.7 Å². The summed E-state index contributed by atoms with van der Waals surface area (Å²) < 4.78 is 32.7. The van der Waals surface area contributed by atoms with Crippen LogP contribution in [0.3, 0.4) is 0 Å². The predicted octanol–water partition coefficient (Wildman–Crippen LogP) is 13.5. The van der Waals surface area contributed by atoms with E-state index in [1.165, 1.54) is 116 Å². The summed E-state index contributed by atoms with van der Waals surface area (Å²) in [4.78, 5) is 46.1. The molecule has 12 heteroatoms. The van der Waals surface area contributed by atoms with Gasteiger partial charge in [0.1, 0.15) is 12.6 Å². The lowest BCUT2D eigenvalue weighted by Gasteiger charge is -2.20. The average molecular weight is 894 g/mol. The highest BCUT2D eigenvalue weighted by Crippen LogP contribution is 2.43. The van der Waals surface area contributed by atoms with Crippen molar-refractivity contribution in [1.82, 2.24) is 0 Å². The number of nitrogens with two attached hydrogens (primary N) is 1. The second-order valence-electron chi connectivity index (χ2n) is 16.2. The molecule has 0 heterocycles. The first-order valence-electron chi connectivity index (χ1n) is 24.3. The van der Waals surface area contributed by atoms with Gasteiger partial charge in [-0.1, -0.05) is 177 Å². The summed E-state index contributed by atoms with van der Waals surface area (Å²) >= 11 is 0. The number of esters is 2. The maximum atomic E-state index is 12.6. The molecule has 0 amide bonds. The van der Waals surface area contributed by atoms with E-state index in [9.17, 15) is 23.8 Å². The summed E-state index contributed by atoms with van der Waals surface area (Å²) in [6.07, 6.45) is 52.9. The van der Waals surface area contributed by atoms with Crippen molar-refractivity contribution in [3.63, 3.8) is 0 Å². The van der Waals surface area contributed by atoms with Crippen molar-refractivity contribution in [2.24, 2.45) is 5.73 Å². The van der Waals surface area contributed by atoms with Crippen LogP contribution in [0, 0.1) is 0 Å². The smallest absolute Gasteiger partial charge is 0.472 e.